The SMILES string of the molecule is CC(C)CNCc1nnc(NC(C)c2ccc(Cl)s2)o1. The van der Waals surface area contributed by atoms with E-state index in [1.807, 2.05) is 19.1 Å². The van der Waals surface area contributed by atoms with Crippen LogP contribution in [0.15, 0.2) is 16.5 Å². The first-order valence-electron chi connectivity index (χ1n) is 6.59. The van der Waals surface area contributed by atoms with Crippen LogP contribution in [-0.2, 0) is 6.54 Å². The van der Waals surface area contributed by atoms with E-state index in [-0.39, 0.29) is 6.04 Å². The fourth-order valence-electron chi connectivity index (χ4n) is 1.67. The van der Waals surface area contributed by atoms with E-state index in [4.69, 9.17) is 16.0 Å². The van der Waals surface area contributed by atoms with Gasteiger partial charge in [0.1, 0.15) is 0 Å². The first-order chi connectivity index (χ1) is 9.54. The van der Waals surface area contributed by atoms with E-state index in [1.165, 1.54) is 11.3 Å². The lowest BCUT2D eigenvalue weighted by Gasteiger charge is -2.08. The van der Waals surface area contributed by atoms with E-state index in [9.17, 15) is 0 Å². The number of halogens is 1. The van der Waals surface area contributed by atoms with E-state index < -0.39 is 0 Å². The molecule has 1 unspecified atom stereocenters. The number of hydrogen-bond acceptors (Lipinski definition) is 6. The molecule has 0 aliphatic rings. The monoisotopic (exact) mass is 314 g/mol. The molecule has 2 aromatic heterocycles. The van der Waals surface area contributed by atoms with E-state index in [0.717, 1.165) is 15.8 Å². The molecular formula is C13H19ClN4OS. The predicted octanol–water partition coefficient (Wildman–Crippen LogP) is 3.70. The second-order valence-electron chi connectivity index (χ2n) is 5.03. The standard InChI is InChI=1S/C13H19ClN4OS/c1-8(2)6-15-7-12-17-18-13(19-12)16-9(3)10-4-5-11(14)20-10/h4-5,8-9,15H,6-7H2,1-3H3,(H,16,18). The second-order valence-corrected chi connectivity index (χ2v) is 6.78. The molecule has 0 bridgehead atoms. The normalized spacial score (nSPS) is 12.8. The van der Waals surface area contributed by atoms with Gasteiger partial charge >= 0.3 is 6.01 Å². The van der Waals surface area contributed by atoms with Crippen LogP contribution in [0.25, 0.3) is 0 Å². The minimum Gasteiger partial charge on any atom is -0.407 e. The zero-order valence-corrected chi connectivity index (χ0v) is 13.4. The zero-order valence-electron chi connectivity index (χ0n) is 11.8. The summed E-state index contributed by atoms with van der Waals surface area (Å²) in [5.74, 6) is 1.18. The van der Waals surface area contributed by atoms with Crippen LogP contribution in [0.1, 0.15) is 37.6 Å². The molecule has 2 rings (SSSR count). The third-order valence-corrected chi connectivity index (χ3v) is 4.07. The van der Waals surface area contributed by atoms with Crippen LogP contribution in [-0.4, -0.2) is 16.7 Å². The highest BCUT2D eigenvalue weighted by Gasteiger charge is 2.12. The van der Waals surface area contributed by atoms with E-state index in [2.05, 4.69) is 34.7 Å². The van der Waals surface area contributed by atoms with Crippen molar-refractivity contribution >= 4 is 29.0 Å². The Labute approximate surface area is 127 Å². The first-order valence-corrected chi connectivity index (χ1v) is 7.79. The van der Waals surface area contributed by atoms with Crippen LogP contribution in [0.5, 0.6) is 0 Å². The average molecular weight is 315 g/mol. The number of anilines is 1. The van der Waals surface area contributed by atoms with Gasteiger partial charge in [-0.2, -0.15) is 0 Å². The highest BCUT2D eigenvalue weighted by molar-refractivity contribution is 7.16. The molecule has 7 heteroatoms. The molecule has 0 saturated carbocycles. The molecule has 2 N–H and O–H groups in total. The summed E-state index contributed by atoms with van der Waals surface area (Å²) in [6, 6.07) is 4.40. The molecule has 1 atom stereocenters. The summed E-state index contributed by atoms with van der Waals surface area (Å²) >= 11 is 7.47. The molecule has 0 spiro atoms. The zero-order chi connectivity index (χ0) is 14.5. The smallest absolute Gasteiger partial charge is 0.316 e. The molecular weight excluding hydrogens is 296 g/mol. The molecule has 0 saturated heterocycles. The molecule has 0 amide bonds. The number of hydrogen-bond donors (Lipinski definition) is 2. The quantitative estimate of drug-likeness (QED) is 0.816. The lowest BCUT2D eigenvalue weighted by molar-refractivity contribution is 0.457. The van der Waals surface area contributed by atoms with Gasteiger partial charge in [0.15, 0.2) is 0 Å². The summed E-state index contributed by atoms with van der Waals surface area (Å²) in [4.78, 5) is 1.13. The van der Waals surface area contributed by atoms with E-state index >= 15 is 0 Å². The number of nitrogens with one attached hydrogen (secondary N) is 2. The maximum Gasteiger partial charge on any atom is 0.316 e. The van der Waals surface area contributed by atoms with Gasteiger partial charge < -0.3 is 15.1 Å². The Kier molecular flexibility index (Phi) is 5.39. The lowest BCUT2D eigenvalue weighted by Crippen LogP contribution is -2.19. The van der Waals surface area contributed by atoms with Crippen LogP contribution in [0.3, 0.4) is 0 Å². The van der Waals surface area contributed by atoms with Gasteiger partial charge in [0, 0.05) is 4.88 Å². The Balaban J connectivity index is 1.86. The molecule has 110 valence electrons. The molecule has 5 nitrogen and oxygen atoms in total. The number of rotatable bonds is 7. The summed E-state index contributed by atoms with van der Waals surface area (Å²) in [6.45, 7) is 7.85. The van der Waals surface area contributed by atoms with Crippen LogP contribution >= 0.6 is 22.9 Å². The Morgan fingerprint density at radius 3 is 2.75 bits per heavy atom. The van der Waals surface area contributed by atoms with Crippen molar-refractivity contribution in [3.05, 3.63) is 27.2 Å². The van der Waals surface area contributed by atoms with Gasteiger partial charge in [-0.1, -0.05) is 30.5 Å². The second kappa shape index (κ2) is 7.06. The van der Waals surface area contributed by atoms with E-state index in [0.29, 0.717) is 24.4 Å². The van der Waals surface area contributed by atoms with Crippen LogP contribution in [0.2, 0.25) is 4.34 Å². The minimum atomic E-state index is 0.0874. The highest BCUT2D eigenvalue weighted by atomic mass is 35.5. The van der Waals surface area contributed by atoms with Gasteiger partial charge in [-0.3, -0.25) is 0 Å². The minimum absolute atomic E-state index is 0.0874. The predicted molar refractivity (Wildman–Crippen MR) is 82.2 cm³/mol. The number of thiophene rings is 1. The highest BCUT2D eigenvalue weighted by Crippen LogP contribution is 2.28. The third-order valence-electron chi connectivity index (χ3n) is 2.66. The Morgan fingerprint density at radius 1 is 1.30 bits per heavy atom. The summed E-state index contributed by atoms with van der Waals surface area (Å²) in [5, 5.41) is 14.4. The van der Waals surface area contributed by atoms with Crippen LogP contribution < -0.4 is 10.6 Å². The van der Waals surface area contributed by atoms with Crippen molar-refractivity contribution in [1.29, 1.82) is 0 Å². The maximum absolute atomic E-state index is 5.93. The lowest BCUT2D eigenvalue weighted by atomic mass is 10.2. The molecule has 0 fully saturated rings. The Morgan fingerprint density at radius 2 is 2.10 bits per heavy atom. The van der Waals surface area contributed by atoms with Crippen molar-refractivity contribution in [3.8, 4) is 0 Å². The number of nitrogens with zero attached hydrogens (tertiary/aromatic N) is 2. The van der Waals surface area contributed by atoms with Gasteiger partial charge in [-0.25, -0.2) is 0 Å². The molecule has 0 aliphatic heterocycles. The van der Waals surface area contributed by atoms with Crippen LogP contribution in [0, 0.1) is 5.92 Å². The van der Waals surface area contributed by atoms with Gasteiger partial charge in [-0.05, 0) is 31.5 Å². The summed E-state index contributed by atoms with van der Waals surface area (Å²) in [5.41, 5.74) is 0. The van der Waals surface area contributed by atoms with Crippen molar-refractivity contribution in [2.45, 2.75) is 33.4 Å². The third kappa shape index (κ3) is 4.47. The molecule has 0 aliphatic carbocycles. The van der Waals surface area contributed by atoms with Crippen molar-refractivity contribution < 1.29 is 4.42 Å². The van der Waals surface area contributed by atoms with Gasteiger partial charge in [-0.15, -0.1) is 16.4 Å². The van der Waals surface area contributed by atoms with Crippen molar-refractivity contribution in [1.82, 2.24) is 15.5 Å². The van der Waals surface area contributed by atoms with Gasteiger partial charge in [0.2, 0.25) is 5.89 Å². The number of aromatic nitrogens is 2. The fraction of sp³-hybridized carbons (Fsp3) is 0.538. The Hall–Kier alpha value is -1.11. The first kappa shape index (κ1) is 15.3. The molecule has 2 aromatic rings. The molecule has 0 aromatic carbocycles. The van der Waals surface area contributed by atoms with Gasteiger partial charge in [0.05, 0.1) is 16.9 Å². The molecule has 2 heterocycles. The summed E-state index contributed by atoms with van der Waals surface area (Å²) in [7, 11) is 0. The van der Waals surface area contributed by atoms with Gasteiger partial charge in [0.25, 0.3) is 0 Å². The van der Waals surface area contributed by atoms with Crippen LogP contribution in [0.4, 0.5) is 6.01 Å². The molecule has 20 heavy (non-hydrogen) atoms. The average Bonchev–Trinajstić information content (AvgIpc) is 2.98. The van der Waals surface area contributed by atoms with Crippen molar-refractivity contribution in [3.63, 3.8) is 0 Å². The van der Waals surface area contributed by atoms with E-state index in [1.54, 1.807) is 0 Å². The summed E-state index contributed by atoms with van der Waals surface area (Å²) < 4.78 is 6.32. The van der Waals surface area contributed by atoms with Crippen molar-refractivity contribution in [2.24, 2.45) is 5.92 Å². The largest absolute Gasteiger partial charge is 0.407 e. The topological polar surface area (TPSA) is 63.0 Å². The fourth-order valence-corrected chi connectivity index (χ4v) is 2.73. The molecule has 0 radical (unpaired) electrons. The Bertz CT molecular complexity index is 540. The maximum atomic E-state index is 5.93. The van der Waals surface area contributed by atoms with Crippen molar-refractivity contribution in [2.75, 3.05) is 11.9 Å². The summed E-state index contributed by atoms with van der Waals surface area (Å²) in [6.07, 6.45) is 0.